The van der Waals surface area contributed by atoms with Crippen LogP contribution in [0.3, 0.4) is 0 Å². The van der Waals surface area contributed by atoms with Crippen molar-refractivity contribution in [1.29, 1.82) is 5.26 Å². The van der Waals surface area contributed by atoms with E-state index in [1.807, 2.05) is 6.07 Å². The molecule has 0 fully saturated rings. The van der Waals surface area contributed by atoms with Crippen LogP contribution in [-0.4, -0.2) is 27.0 Å². The smallest absolute Gasteiger partial charge is 0.218 e. The van der Waals surface area contributed by atoms with Crippen molar-refractivity contribution in [2.24, 2.45) is 0 Å². The maximum atomic E-state index is 12.8. The lowest BCUT2D eigenvalue weighted by molar-refractivity contribution is 0.0917. The van der Waals surface area contributed by atoms with Crippen LogP contribution in [0.5, 0.6) is 5.75 Å². The molecule has 0 bridgehead atoms. The van der Waals surface area contributed by atoms with Crippen LogP contribution >= 0.6 is 15.9 Å². The lowest BCUT2D eigenvalue weighted by Gasteiger charge is -2.08. The normalized spacial score (nSPS) is 10.5. The first-order chi connectivity index (χ1) is 11.1. The summed E-state index contributed by atoms with van der Waals surface area (Å²) in [5, 5.41) is 13.2. The Balaban J connectivity index is 1.87. The van der Waals surface area contributed by atoms with Gasteiger partial charge >= 0.3 is 0 Å². The number of Topliss-reactive ketones (excluding diaryl/α,β-unsaturated/α-hetero) is 1. The highest BCUT2D eigenvalue weighted by atomic mass is 79.9. The fraction of sp³-hybridized carbons (Fsp3) is 0.0667. The fourth-order valence-electron chi connectivity index (χ4n) is 2.00. The summed E-state index contributed by atoms with van der Waals surface area (Å²) in [4.78, 5) is 15.7. The maximum absolute atomic E-state index is 12.8. The number of ketones is 1. The molecule has 6 nitrogen and oxygen atoms in total. The third-order valence-electron chi connectivity index (χ3n) is 3.04. The molecule has 3 aromatic rings. The Morgan fingerprint density at radius 1 is 1.43 bits per heavy atom. The highest BCUT2D eigenvalue weighted by molar-refractivity contribution is 9.10. The minimum absolute atomic E-state index is 0.103. The van der Waals surface area contributed by atoms with Gasteiger partial charge < -0.3 is 4.74 Å². The molecule has 0 aliphatic heterocycles. The van der Waals surface area contributed by atoms with Gasteiger partial charge in [-0.3, -0.25) is 4.79 Å². The minimum Gasteiger partial charge on any atom is -0.483 e. The number of pyridine rings is 2. The number of nitriles is 1. The topological polar surface area (TPSA) is 80.3 Å². The summed E-state index contributed by atoms with van der Waals surface area (Å²) >= 11 is 3.31. The summed E-state index contributed by atoms with van der Waals surface area (Å²) in [7, 11) is 0. The van der Waals surface area contributed by atoms with Gasteiger partial charge in [-0.05, 0) is 34.1 Å². The fourth-order valence-corrected chi connectivity index (χ4v) is 2.41. The molecule has 0 saturated heterocycles. The van der Waals surface area contributed by atoms with Gasteiger partial charge in [0.25, 0.3) is 0 Å². The molecule has 0 aromatic carbocycles. The molecule has 0 saturated carbocycles. The van der Waals surface area contributed by atoms with Crippen LogP contribution in [0.2, 0.25) is 0 Å². The van der Waals surface area contributed by atoms with Gasteiger partial charge in [0.05, 0.1) is 12.4 Å². The summed E-state index contributed by atoms with van der Waals surface area (Å²) in [6, 6.07) is 6.10. The predicted octanol–water partition coefficient (Wildman–Crippen LogP) is 2.76. The van der Waals surface area contributed by atoms with Gasteiger partial charge in [0.1, 0.15) is 34.4 Å². The van der Waals surface area contributed by atoms with E-state index < -0.39 is 11.6 Å². The Kier molecular flexibility index (Phi) is 4.04. The van der Waals surface area contributed by atoms with Gasteiger partial charge in [0, 0.05) is 10.7 Å². The first kappa shape index (κ1) is 15.1. The Morgan fingerprint density at radius 3 is 2.96 bits per heavy atom. The quantitative estimate of drug-likeness (QED) is 0.655. The molecule has 114 valence electrons. The number of carbonyl (C=O) groups is 1. The van der Waals surface area contributed by atoms with Crippen molar-refractivity contribution in [1.82, 2.24) is 14.6 Å². The van der Waals surface area contributed by atoms with E-state index in [9.17, 15) is 9.18 Å². The second kappa shape index (κ2) is 6.14. The maximum Gasteiger partial charge on any atom is 0.218 e. The van der Waals surface area contributed by atoms with Crippen molar-refractivity contribution in [3.8, 4) is 11.8 Å². The zero-order valence-electron chi connectivity index (χ0n) is 11.5. The Labute approximate surface area is 138 Å². The lowest BCUT2D eigenvalue weighted by atomic mass is 10.2. The number of halogens is 2. The molecule has 0 radical (unpaired) electrons. The second-order valence-electron chi connectivity index (χ2n) is 4.56. The van der Waals surface area contributed by atoms with Crippen LogP contribution < -0.4 is 4.74 Å². The number of ether oxygens (including phenoxy) is 1. The zero-order valence-corrected chi connectivity index (χ0v) is 13.1. The van der Waals surface area contributed by atoms with Crippen LogP contribution in [0.25, 0.3) is 5.52 Å². The van der Waals surface area contributed by atoms with Crippen LogP contribution in [0.15, 0.2) is 41.3 Å². The largest absolute Gasteiger partial charge is 0.483 e. The van der Waals surface area contributed by atoms with Crippen LogP contribution in [0.4, 0.5) is 4.39 Å². The monoisotopic (exact) mass is 374 g/mol. The molecule has 3 rings (SSSR count). The number of hydrogen-bond donors (Lipinski definition) is 0. The molecule has 0 unspecified atom stereocenters. The second-order valence-corrected chi connectivity index (χ2v) is 5.47. The van der Waals surface area contributed by atoms with Crippen molar-refractivity contribution >= 4 is 27.2 Å². The van der Waals surface area contributed by atoms with E-state index in [0.717, 1.165) is 12.3 Å². The Morgan fingerprint density at radius 2 is 2.26 bits per heavy atom. The summed E-state index contributed by atoms with van der Waals surface area (Å²) < 4.78 is 20.5. The lowest BCUT2D eigenvalue weighted by Crippen LogP contribution is -2.13. The van der Waals surface area contributed by atoms with E-state index in [0.29, 0.717) is 21.3 Å². The molecule has 3 heterocycles. The van der Waals surface area contributed by atoms with Crippen molar-refractivity contribution in [3.63, 3.8) is 0 Å². The molecule has 0 aliphatic rings. The first-order valence-corrected chi connectivity index (χ1v) is 7.22. The molecule has 3 aromatic heterocycles. The molecule has 0 aliphatic carbocycles. The molecule has 8 heteroatoms. The molecule has 0 atom stereocenters. The van der Waals surface area contributed by atoms with Gasteiger partial charge in [-0.15, -0.1) is 0 Å². The van der Waals surface area contributed by atoms with E-state index in [1.54, 1.807) is 12.3 Å². The number of rotatable bonds is 4. The minimum atomic E-state index is -0.519. The van der Waals surface area contributed by atoms with Crippen LogP contribution in [-0.2, 0) is 0 Å². The zero-order chi connectivity index (χ0) is 16.4. The van der Waals surface area contributed by atoms with Crippen LogP contribution in [0, 0.1) is 17.1 Å². The first-order valence-electron chi connectivity index (χ1n) is 6.43. The number of nitrogens with zero attached hydrogens (tertiary/aromatic N) is 4. The van der Waals surface area contributed by atoms with E-state index in [4.69, 9.17) is 10.00 Å². The standard InChI is InChI=1S/C15H8BrFN4O2/c16-10-3-14(15-9(4-18)5-20-21(15)7-10)23-8-13(22)12-2-1-11(17)6-19-12/h1-3,5-7H,8H2. The van der Waals surface area contributed by atoms with Crippen molar-refractivity contribution < 1.29 is 13.9 Å². The summed E-state index contributed by atoms with van der Waals surface area (Å²) in [6.45, 7) is -0.291. The average Bonchev–Trinajstić information content (AvgIpc) is 2.95. The van der Waals surface area contributed by atoms with E-state index >= 15 is 0 Å². The van der Waals surface area contributed by atoms with Crippen LogP contribution in [0.1, 0.15) is 16.1 Å². The van der Waals surface area contributed by atoms with Gasteiger partial charge in [0.15, 0.2) is 6.61 Å². The summed E-state index contributed by atoms with van der Waals surface area (Å²) in [6.07, 6.45) is 4.06. The van der Waals surface area contributed by atoms with Crippen molar-refractivity contribution in [2.45, 2.75) is 0 Å². The number of aromatic nitrogens is 3. The highest BCUT2D eigenvalue weighted by Gasteiger charge is 2.14. The van der Waals surface area contributed by atoms with Crippen molar-refractivity contribution in [2.75, 3.05) is 6.61 Å². The molecular weight excluding hydrogens is 367 g/mol. The third kappa shape index (κ3) is 3.05. The molecule has 23 heavy (non-hydrogen) atoms. The van der Waals surface area contributed by atoms with Gasteiger partial charge in [-0.1, -0.05) is 0 Å². The highest BCUT2D eigenvalue weighted by Crippen LogP contribution is 2.27. The molecule has 0 amide bonds. The summed E-state index contributed by atoms with van der Waals surface area (Å²) in [5.74, 6) is -0.584. The van der Waals surface area contributed by atoms with E-state index in [1.165, 1.54) is 16.8 Å². The third-order valence-corrected chi connectivity index (χ3v) is 3.47. The summed E-state index contributed by atoms with van der Waals surface area (Å²) in [5.41, 5.74) is 0.904. The van der Waals surface area contributed by atoms with Crippen molar-refractivity contribution in [3.05, 3.63) is 58.3 Å². The average molecular weight is 375 g/mol. The molecule has 0 spiro atoms. The van der Waals surface area contributed by atoms with Gasteiger partial charge in [0.2, 0.25) is 5.78 Å². The number of hydrogen-bond acceptors (Lipinski definition) is 5. The number of carbonyl (C=O) groups excluding carboxylic acids is 1. The SMILES string of the molecule is N#Cc1cnn2cc(Br)cc(OCC(=O)c3ccc(F)cn3)c12. The molecule has 0 N–H and O–H groups in total. The Hall–Kier alpha value is -2.79. The van der Waals surface area contributed by atoms with Gasteiger partial charge in [-0.25, -0.2) is 13.9 Å². The molecular formula is C15H8BrFN4O2. The predicted molar refractivity (Wildman–Crippen MR) is 81.6 cm³/mol. The van der Waals surface area contributed by atoms with Gasteiger partial charge in [-0.2, -0.15) is 10.4 Å². The van der Waals surface area contributed by atoms with E-state index in [2.05, 4.69) is 26.0 Å². The number of fused-ring (bicyclic) bond motifs is 1. The van der Waals surface area contributed by atoms with E-state index in [-0.39, 0.29) is 12.3 Å². The Bertz CT molecular complexity index is 931.